The first-order valence-electron chi connectivity index (χ1n) is 7.63. The van der Waals surface area contributed by atoms with Gasteiger partial charge in [-0.05, 0) is 6.42 Å². The lowest BCUT2D eigenvalue weighted by Crippen LogP contribution is -2.26. The van der Waals surface area contributed by atoms with E-state index in [1.807, 2.05) is 0 Å². The molecule has 118 valence electrons. The lowest BCUT2D eigenvalue weighted by molar-refractivity contribution is -0.159. The second kappa shape index (κ2) is 12.9. The molecular weight excluding hydrogens is 260 g/mol. The van der Waals surface area contributed by atoms with Crippen molar-refractivity contribution in [1.29, 1.82) is 0 Å². The Morgan fingerprint density at radius 3 is 2.05 bits per heavy atom. The minimum Gasteiger partial charge on any atom is -0.481 e. The Hall–Kier alpha value is -1.10. The molecule has 1 atom stereocenters. The molecule has 0 saturated carbocycles. The van der Waals surface area contributed by atoms with Crippen molar-refractivity contribution in [3.63, 3.8) is 0 Å². The van der Waals surface area contributed by atoms with E-state index < -0.39 is 17.9 Å². The van der Waals surface area contributed by atoms with Crippen LogP contribution in [0.25, 0.3) is 0 Å². The van der Waals surface area contributed by atoms with Gasteiger partial charge in [0.05, 0.1) is 6.61 Å². The lowest BCUT2D eigenvalue weighted by atomic mass is 10.00. The molecule has 0 radical (unpaired) electrons. The quantitative estimate of drug-likeness (QED) is 0.309. The van der Waals surface area contributed by atoms with Crippen LogP contribution in [0.1, 0.15) is 64.7 Å². The maximum Gasteiger partial charge on any atom is 0.320 e. The van der Waals surface area contributed by atoms with Crippen molar-refractivity contribution in [2.45, 2.75) is 64.7 Å². The Kier molecular flexibility index (Phi) is 12.2. The first-order valence-corrected chi connectivity index (χ1v) is 7.63. The molecule has 0 aromatic heterocycles. The third-order valence-electron chi connectivity index (χ3n) is 3.26. The van der Waals surface area contributed by atoms with Gasteiger partial charge in [-0.15, -0.1) is 0 Å². The monoisotopic (exact) mass is 288 g/mol. The molecule has 0 fully saturated rings. The van der Waals surface area contributed by atoms with E-state index in [2.05, 4.69) is 11.7 Å². The molecule has 20 heavy (non-hydrogen) atoms. The zero-order chi connectivity index (χ0) is 15.2. The van der Waals surface area contributed by atoms with Crippen LogP contribution in [0.5, 0.6) is 0 Å². The fourth-order valence-corrected chi connectivity index (χ4v) is 2.07. The molecule has 0 aliphatic carbocycles. The van der Waals surface area contributed by atoms with E-state index in [1.54, 1.807) is 0 Å². The molecule has 0 bridgehead atoms. The standard InChI is InChI=1S/C15H28O5/c1-2-3-4-5-6-7-8-9-10-13(14(17)18)15(19)20-12-11-16/h13,16H,2-12H2,1H3,(H,17,18). The van der Waals surface area contributed by atoms with Crippen LogP contribution in [0, 0.1) is 5.92 Å². The van der Waals surface area contributed by atoms with Gasteiger partial charge in [-0.3, -0.25) is 9.59 Å². The topological polar surface area (TPSA) is 83.8 Å². The summed E-state index contributed by atoms with van der Waals surface area (Å²) in [6.45, 7) is 1.76. The highest BCUT2D eigenvalue weighted by atomic mass is 16.5. The lowest BCUT2D eigenvalue weighted by Gasteiger charge is -2.11. The second-order valence-corrected chi connectivity index (χ2v) is 5.05. The fourth-order valence-electron chi connectivity index (χ4n) is 2.07. The highest BCUT2D eigenvalue weighted by Crippen LogP contribution is 2.15. The second-order valence-electron chi connectivity index (χ2n) is 5.05. The number of hydrogen-bond acceptors (Lipinski definition) is 4. The molecule has 0 heterocycles. The molecule has 0 amide bonds. The predicted molar refractivity (Wildman–Crippen MR) is 76.4 cm³/mol. The van der Waals surface area contributed by atoms with Gasteiger partial charge >= 0.3 is 11.9 Å². The predicted octanol–water partition coefficient (Wildman–Crippen LogP) is 2.75. The summed E-state index contributed by atoms with van der Waals surface area (Å²) in [7, 11) is 0. The average molecular weight is 288 g/mol. The molecule has 0 aliphatic heterocycles. The van der Waals surface area contributed by atoms with E-state index in [-0.39, 0.29) is 13.2 Å². The largest absolute Gasteiger partial charge is 0.481 e. The number of ether oxygens (including phenoxy) is 1. The number of carbonyl (C=O) groups is 2. The molecule has 0 rings (SSSR count). The highest BCUT2D eigenvalue weighted by molar-refractivity contribution is 5.93. The summed E-state index contributed by atoms with van der Waals surface area (Å²) in [5, 5.41) is 17.5. The third kappa shape index (κ3) is 9.78. The Balaban J connectivity index is 3.71. The van der Waals surface area contributed by atoms with Crippen LogP contribution in [0.3, 0.4) is 0 Å². The van der Waals surface area contributed by atoms with Crippen molar-refractivity contribution < 1.29 is 24.5 Å². The van der Waals surface area contributed by atoms with E-state index in [0.717, 1.165) is 19.3 Å². The first-order chi connectivity index (χ1) is 9.63. The van der Waals surface area contributed by atoms with E-state index in [1.165, 1.54) is 32.1 Å². The first kappa shape index (κ1) is 18.9. The van der Waals surface area contributed by atoms with Gasteiger partial charge in [-0.25, -0.2) is 0 Å². The van der Waals surface area contributed by atoms with Crippen molar-refractivity contribution in [2.24, 2.45) is 5.92 Å². The summed E-state index contributed by atoms with van der Waals surface area (Å²) in [4.78, 5) is 22.4. The maximum absolute atomic E-state index is 11.5. The number of esters is 1. The normalized spacial score (nSPS) is 12.1. The molecule has 5 heteroatoms. The average Bonchev–Trinajstić information content (AvgIpc) is 2.42. The van der Waals surface area contributed by atoms with Gasteiger partial charge in [0, 0.05) is 0 Å². The summed E-state index contributed by atoms with van der Waals surface area (Å²) >= 11 is 0. The third-order valence-corrected chi connectivity index (χ3v) is 3.26. The van der Waals surface area contributed by atoms with Crippen molar-refractivity contribution in [2.75, 3.05) is 13.2 Å². The van der Waals surface area contributed by atoms with Gasteiger partial charge in [0.1, 0.15) is 6.61 Å². The summed E-state index contributed by atoms with van der Waals surface area (Å²) < 4.78 is 4.67. The Morgan fingerprint density at radius 2 is 1.55 bits per heavy atom. The Bertz CT molecular complexity index is 265. The number of aliphatic hydroxyl groups is 1. The highest BCUT2D eigenvalue weighted by Gasteiger charge is 2.26. The van der Waals surface area contributed by atoms with Crippen LogP contribution < -0.4 is 0 Å². The number of carboxylic acids is 1. The van der Waals surface area contributed by atoms with Gasteiger partial charge in [-0.2, -0.15) is 0 Å². The van der Waals surface area contributed by atoms with Crippen molar-refractivity contribution in [3.8, 4) is 0 Å². The van der Waals surface area contributed by atoms with Crippen molar-refractivity contribution in [1.82, 2.24) is 0 Å². The SMILES string of the molecule is CCCCCCCCCCC(C(=O)O)C(=O)OCCO. The number of aliphatic carboxylic acids is 1. The van der Waals surface area contributed by atoms with Crippen LogP contribution in [-0.4, -0.2) is 35.4 Å². The summed E-state index contributed by atoms with van der Waals surface area (Å²) in [6, 6.07) is 0. The zero-order valence-electron chi connectivity index (χ0n) is 12.5. The number of rotatable bonds is 13. The van der Waals surface area contributed by atoms with Gasteiger partial charge in [0.15, 0.2) is 5.92 Å². The smallest absolute Gasteiger partial charge is 0.320 e. The summed E-state index contributed by atoms with van der Waals surface area (Å²) in [5.74, 6) is -2.98. The summed E-state index contributed by atoms with van der Waals surface area (Å²) in [6.07, 6.45) is 9.25. The van der Waals surface area contributed by atoms with Crippen LogP contribution in [0.2, 0.25) is 0 Å². The molecule has 5 nitrogen and oxygen atoms in total. The van der Waals surface area contributed by atoms with E-state index in [9.17, 15) is 9.59 Å². The Morgan fingerprint density at radius 1 is 1.00 bits per heavy atom. The number of aliphatic hydroxyl groups excluding tert-OH is 1. The van der Waals surface area contributed by atoms with E-state index in [4.69, 9.17) is 10.2 Å². The summed E-state index contributed by atoms with van der Waals surface area (Å²) in [5.41, 5.74) is 0. The van der Waals surface area contributed by atoms with Crippen LogP contribution in [0.15, 0.2) is 0 Å². The molecule has 0 aliphatic rings. The molecule has 0 spiro atoms. The molecule has 1 unspecified atom stereocenters. The minimum atomic E-state index is -1.14. The number of unbranched alkanes of at least 4 members (excludes halogenated alkanes) is 7. The molecular formula is C15H28O5. The van der Waals surface area contributed by atoms with Crippen LogP contribution in [-0.2, 0) is 14.3 Å². The zero-order valence-corrected chi connectivity index (χ0v) is 12.5. The number of hydrogen-bond donors (Lipinski definition) is 2. The maximum atomic E-state index is 11.5. The van der Waals surface area contributed by atoms with Gasteiger partial charge in [-0.1, -0.05) is 58.3 Å². The van der Waals surface area contributed by atoms with E-state index >= 15 is 0 Å². The minimum absolute atomic E-state index is 0.139. The molecule has 0 aromatic rings. The molecule has 0 saturated heterocycles. The van der Waals surface area contributed by atoms with Crippen LogP contribution in [0.4, 0.5) is 0 Å². The van der Waals surface area contributed by atoms with Crippen molar-refractivity contribution >= 4 is 11.9 Å². The number of carboxylic acid groups (broad SMARTS) is 1. The Labute approximate surface area is 121 Å². The van der Waals surface area contributed by atoms with Gasteiger partial charge < -0.3 is 14.9 Å². The fraction of sp³-hybridized carbons (Fsp3) is 0.867. The van der Waals surface area contributed by atoms with Gasteiger partial charge in [0.2, 0.25) is 0 Å². The van der Waals surface area contributed by atoms with Crippen molar-refractivity contribution in [3.05, 3.63) is 0 Å². The number of carbonyl (C=O) groups excluding carboxylic acids is 1. The van der Waals surface area contributed by atoms with Crippen LogP contribution >= 0.6 is 0 Å². The van der Waals surface area contributed by atoms with E-state index in [0.29, 0.717) is 6.42 Å². The molecule has 0 aromatic carbocycles. The molecule has 2 N–H and O–H groups in total. The van der Waals surface area contributed by atoms with Gasteiger partial charge in [0.25, 0.3) is 0 Å².